The van der Waals surface area contributed by atoms with Crippen LogP contribution in [-0.4, -0.2) is 16.6 Å². The summed E-state index contributed by atoms with van der Waals surface area (Å²) in [7, 11) is 0. The lowest BCUT2D eigenvalue weighted by Gasteiger charge is -2.07. The number of amides is 1. The minimum atomic E-state index is -0.419. The van der Waals surface area contributed by atoms with Crippen LogP contribution in [0.5, 0.6) is 0 Å². The molecule has 0 aliphatic rings. The largest absolute Gasteiger partial charge is 0.337 e. The van der Waals surface area contributed by atoms with Crippen LogP contribution >= 0.6 is 23.4 Å². The molecule has 1 amide bonds. The maximum atomic E-state index is 11.6. The predicted octanol–water partition coefficient (Wildman–Crippen LogP) is 4.69. The Balaban J connectivity index is 2.21. The average molecular weight is 389 g/mol. The van der Waals surface area contributed by atoms with Crippen LogP contribution in [0.4, 0.5) is 5.69 Å². The van der Waals surface area contributed by atoms with Gasteiger partial charge in [-0.15, -0.1) is 0 Å². The summed E-state index contributed by atoms with van der Waals surface area (Å²) < 4.78 is 1.50. The van der Waals surface area contributed by atoms with E-state index in [4.69, 9.17) is 16.4 Å². The molecule has 0 radical (unpaired) electrons. The molecule has 134 valence electrons. The molecule has 1 aromatic heterocycles. The van der Waals surface area contributed by atoms with Crippen LogP contribution in [0.3, 0.4) is 0 Å². The summed E-state index contributed by atoms with van der Waals surface area (Å²) in [6, 6.07) is 13.0. The fourth-order valence-corrected chi connectivity index (χ4v) is 3.87. The summed E-state index contributed by atoms with van der Waals surface area (Å²) in [6.07, 6.45) is 0. The Kier molecular flexibility index (Phi) is 5.25. The highest BCUT2D eigenvalue weighted by atomic mass is 35.5. The molecule has 0 saturated heterocycles. The smallest absolute Gasteiger partial charge is 0.329 e. The van der Waals surface area contributed by atoms with Crippen molar-refractivity contribution < 1.29 is 14.4 Å². The van der Waals surface area contributed by atoms with E-state index in [2.05, 4.69) is 5.32 Å². The molecule has 0 spiro atoms. The highest BCUT2D eigenvalue weighted by molar-refractivity contribution is 7.99. The van der Waals surface area contributed by atoms with Crippen LogP contribution in [0.25, 0.3) is 10.9 Å². The average Bonchev–Trinajstić information content (AvgIpc) is 2.82. The van der Waals surface area contributed by atoms with E-state index in [1.165, 1.54) is 30.3 Å². The van der Waals surface area contributed by atoms with E-state index >= 15 is 0 Å². The number of aromatic nitrogens is 1. The molecule has 1 heterocycles. The Bertz CT molecular complexity index is 996. The molecule has 0 unspecified atom stereocenters. The SMILES string of the molecule is CC(=O)Nc1cccc2c1c(Sc1ccc(Cl)cc1)c(C)n2OC(C)=O. The second-order valence-electron chi connectivity index (χ2n) is 5.73. The molecule has 26 heavy (non-hydrogen) atoms. The summed E-state index contributed by atoms with van der Waals surface area (Å²) in [5.74, 6) is -0.587. The number of nitrogens with zero attached hydrogens (tertiary/aromatic N) is 1. The van der Waals surface area contributed by atoms with Gasteiger partial charge in [0.05, 0.1) is 16.9 Å². The van der Waals surface area contributed by atoms with Gasteiger partial charge in [0.2, 0.25) is 5.91 Å². The van der Waals surface area contributed by atoms with Crippen LogP contribution in [-0.2, 0) is 9.59 Å². The molecular weight excluding hydrogens is 372 g/mol. The number of hydrogen-bond acceptors (Lipinski definition) is 4. The molecule has 0 saturated carbocycles. The van der Waals surface area contributed by atoms with Crippen molar-refractivity contribution in [2.75, 3.05) is 5.32 Å². The third-order valence-corrected chi connectivity index (χ3v) is 5.15. The van der Waals surface area contributed by atoms with Crippen molar-refractivity contribution >= 4 is 51.8 Å². The second kappa shape index (κ2) is 7.43. The van der Waals surface area contributed by atoms with Gasteiger partial charge in [0.1, 0.15) is 0 Å². The molecule has 0 aliphatic carbocycles. The van der Waals surface area contributed by atoms with E-state index in [0.717, 1.165) is 20.9 Å². The lowest BCUT2D eigenvalue weighted by molar-refractivity contribution is -0.141. The minimum absolute atomic E-state index is 0.169. The first-order valence-electron chi connectivity index (χ1n) is 7.90. The fourth-order valence-electron chi connectivity index (χ4n) is 2.69. The van der Waals surface area contributed by atoms with Crippen LogP contribution in [0.15, 0.2) is 52.3 Å². The van der Waals surface area contributed by atoms with Crippen molar-refractivity contribution in [2.24, 2.45) is 0 Å². The number of carbonyl (C=O) groups excluding carboxylic acids is 2. The summed E-state index contributed by atoms with van der Waals surface area (Å²) in [5.41, 5.74) is 2.15. The van der Waals surface area contributed by atoms with Crippen molar-refractivity contribution in [1.29, 1.82) is 0 Å². The van der Waals surface area contributed by atoms with Gasteiger partial charge in [-0.05, 0) is 43.3 Å². The monoisotopic (exact) mass is 388 g/mol. The van der Waals surface area contributed by atoms with Gasteiger partial charge in [-0.2, -0.15) is 4.73 Å². The van der Waals surface area contributed by atoms with Crippen molar-refractivity contribution in [3.63, 3.8) is 0 Å². The van der Waals surface area contributed by atoms with Gasteiger partial charge in [0, 0.05) is 34.0 Å². The summed E-state index contributed by atoms with van der Waals surface area (Å²) in [4.78, 5) is 30.4. The first kappa shape index (κ1) is 18.4. The van der Waals surface area contributed by atoms with E-state index < -0.39 is 5.97 Å². The van der Waals surface area contributed by atoms with Gasteiger partial charge in [-0.3, -0.25) is 4.79 Å². The zero-order chi connectivity index (χ0) is 18.8. The van der Waals surface area contributed by atoms with E-state index in [1.54, 1.807) is 0 Å². The second-order valence-corrected chi connectivity index (χ2v) is 7.25. The summed E-state index contributed by atoms with van der Waals surface area (Å²) in [6.45, 7) is 4.69. The predicted molar refractivity (Wildman–Crippen MR) is 104 cm³/mol. The van der Waals surface area contributed by atoms with Crippen molar-refractivity contribution in [3.8, 4) is 0 Å². The zero-order valence-corrected chi connectivity index (χ0v) is 16.1. The van der Waals surface area contributed by atoms with Gasteiger partial charge in [-0.1, -0.05) is 29.4 Å². The highest BCUT2D eigenvalue weighted by Gasteiger charge is 2.20. The van der Waals surface area contributed by atoms with Gasteiger partial charge >= 0.3 is 5.97 Å². The molecule has 0 bridgehead atoms. The van der Waals surface area contributed by atoms with Crippen molar-refractivity contribution in [3.05, 3.63) is 53.2 Å². The number of fused-ring (bicyclic) bond motifs is 1. The van der Waals surface area contributed by atoms with Gasteiger partial charge in [0.25, 0.3) is 0 Å². The first-order valence-corrected chi connectivity index (χ1v) is 9.10. The van der Waals surface area contributed by atoms with Crippen molar-refractivity contribution in [1.82, 2.24) is 4.73 Å². The normalized spacial score (nSPS) is 10.8. The van der Waals surface area contributed by atoms with E-state index in [-0.39, 0.29) is 5.91 Å². The molecule has 2 aromatic carbocycles. The molecule has 0 aliphatic heterocycles. The first-order chi connectivity index (χ1) is 12.4. The Hall–Kier alpha value is -2.44. The maximum absolute atomic E-state index is 11.6. The lowest BCUT2D eigenvalue weighted by Crippen LogP contribution is -2.17. The topological polar surface area (TPSA) is 60.3 Å². The number of halogens is 1. The van der Waals surface area contributed by atoms with Crippen LogP contribution in [0.1, 0.15) is 19.5 Å². The molecule has 1 N–H and O–H groups in total. The standard InChI is InChI=1S/C19H17ClN2O3S/c1-11-19(26-15-9-7-14(20)8-10-15)18-16(21-12(2)23)5-4-6-17(18)22(11)25-13(3)24/h4-10H,1-3H3,(H,21,23). The van der Waals surface area contributed by atoms with E-state index in [0.29, 0.717) is 16.2 Å². The van der Waals surface area contributed by atoms with Crippen LogP contribution < -0.4 is 10.2 Å². The number of hydrogen-bond donors (Lipinski definition) is 1. The quantitative estimate of drug-likeness (QED) is 0.704. The van der Waals surface area contributed by atoms with Gasteiger partial charge in [-0.25, -0.2) is 4.79 Å². The molecule has 7 heteroatoms. The summed E-state index contributed by atoms with van der Waals surface area (Å²) in [5, 5.41) is 4.33. The molecule has 3 aromatic rings. The number of benzene rings is 2. The molecule has 5 nitrogen and oxygen atoms in total. The zero-order valence-electron chi connectivity index (χ0n) is 14.5. The van der Waals surface area contributed by atoms with Gasteiger partial charge < -0.3 is 10.2 Å². The van der Waals surface area contributed by atoms with Gasteiger partial charge in [0.15, 0.2) is 0 Å². The molecule has 0 atom stereocenters. The van der Waals surface area contributed by atoms with Crippen molar-refractivity contribution in [2.45, 2.75) is 30.6 Å². The van der Waals surface area contributed by atoms with E-state index in [9.17, 15) is 9.59 Å². The maximum Gasteiger partial charge on any atom is 0.329 e. The third kappa shape index (κ3) is 3.71. The molecule has 3 rings (SSSR count). The fraction of sp³-hybridized carbons (Fsp3) is 0.158. The Morgan fingerprint density at radius 2 is 1.81 bits per heavy atom. The number of anilines is 1. The molecule has 0 fully saturated rings. The summed E-state index contributed by atoms with van der Waals surface area (Å²) >= 11 is 7.49. The Morgan fingerprint density at radius 1 is 1.12 bits per heavy atom. The minimum Gasteiger partial charge on any atom is -0.337 e. The number of carbonyl (C=O) groups is 2. The third-order valence-electron chi connectivity index (χ3n) is 3.69. The lowest BCUT2D eigenvalue weighted by atomic mass is 10.2. The van der Waals surface area contributed by atoms with Crippen LogP contribution in [0.2, 0.25) is 5.02 Å². The van der Waals surface area contributed by atoms with E-state index in [1.807, 2.05) is 49.4 Å². The number of nitrogens with one attached hydrogen (secondary N) is 1. The van der Waals surface area contributed by atoms with Crippen LogP contribution in [0, 0.1) is 6.92 Å². The Labute approximate surface area is 160 Å². The Morgan fingerprint density at radius 3 is 2.42 bits per heavy atom. The number of rotatable bonds is 4. The molecular formula is C19H17ClN2O3S. The highest BCUT2D eigenvalue weighted by Crippen LogP contribution is 2.41.